The van der Waals surface area contributed by atoms with Crippen molar-refractivity contribution >= 4 is 17.5 Å². The van der Waals surface area contributed by atoms with E-state index in [0.29, 0.717) is 24.2 Å². The Morgan fingerprint density at radius 3 is 2.21 bits per heavy atom. The molecule has 1 aromatic rings. The minimum absolute atomic E-state index is 0. The summed E-state index contributed by atoms with van der Waals surface area (Å²) in [4.78, 5) is 40.3. The molecule has 13 nitrogen and oxygen atoms in total. The molecular weight excluding hydrogens is 1330 g/mol. The average Bonchev–Trinajstić information content (AvgIpc) is 3.18. The maximum absolute atomic E-state index is 14.4. The number of rotatable bonds is 8. The third kappa shape index (κ3) is 19.9. The molecule has 4 heterocycles. The molecule has 62 heavy (non-hydrogen) atoms. The number of Topliss-reactive ketones (excluding diaryl/α,β-unsaturated/α-hetero) is 1. The van der Waals surface area contributed by atoms with Gasteiger partial charge >= 0.3 is 0 Å². The molecular formula is C42H66N3O10Y7-3. The third-order valence-electron chi connectivity index (χ3n) is 11.5. The minimum atomic E-state index is -1.70. The molecule has 1 aromatic heterocycles. The second kappa shape index (κ2) is 34.9. The van der Waals surface area contributed by atoms with Crippen molar-refractivity contribution in [1.82, 2.24) is 9.88 Å². The zero-order chi connectivity index (χ0) is 42.1. The van der Waals surface area contributed by atoms with Crippen molar-refractivity contribution in [2.75, 3.05) is 34.4 Å². The standard InChI is InChI=1S/C41H63N3O10.CH3.7Y/c1-14-33-41(10,47)37-27(6)26(5)23(2)18-40(9,50-22-31(21-49-37)43-51-20-30-16-15-24(3)42-19-30)36(28(7)34(45)29(8)38(46)53-33)54-39-35(48-13)32(44(11)12)17-25(4)52-39;;;;;;;;/h15-16,19,23,25,27-28,32-33,35-37,39,47H,3,5,14,17-18,20-22H2,1-2,4,6-13H3;1H3;;;;;;;/q-2;-1;;;;;;;/b43-31+;;;;;;;;/t23-,25-,27+,28+,32+,33-,35-,36-,37-,39?,40-,41-;;;;;;;;/m1......../s1/i;1T;;;;;;;. The van der Waals surface area contributed by atoms with E-state index in [-0.39, 0.29) is 279 Å². The zero-order valence-corrected chi connectivity index (χ0v) is 58.7. The van der Waals surface area contributed by atoms with E-state index in [9.17, 15) is 14.7 Å². The van der Waals surface area contributed by atoms with E-state index in [1.165, 1.54) is 6.92 Å². The summed E-state index contributed by atoms with van der Waals surface area (Å²) in [6, 6.07) is 3.60. The minimum Gasteiger partial charge on any atom is -0.481 e. The number of cyclic esters (lactones) is 1. The number of carbonyl (C=O) groups is 2. The van der Waals surface area contributed by atoms with Crippen LogP contribution in [-0.4, -0.2) is 121 Å². The van der Waals surface area contributed by atoms with Crippen molar-refractivity contribution < 1.29 is 278 Å². The van der Waals surface area contributed by atoms with Crippen LogP contribution in [0.4, 0.5) is 0 Å². The van der Waals surface area contributed by atoms with Crippen molar-refractivity contribution in [3.8, 4) is 0 Å². The molecule has 20 heteroatoms. The van der Waals surface area contributed by atoms with Crippen molar-refractivity contribution in [2.45, 2.75) is 135 Å². The number of likely N-dealkylation sites (N-methyl/N-ethyl adjacent to an activating group) is 1. The van der Waals surface area contributed by atoms with E-state index < -0.39 is 65.5 Å². The number of aromatic nitrogens is 1. The molecule has 0 amide bonds. The van der Waals surface area contributed by atoms with Crippen molar-refractivity contribution in [1.29, 1.82) is 0 Å². The van der Waals surface area contributed by atoms with Crippen LogP contribution in [0, 0.1) is 38.0 Å². The molecule has 333 valence electrons. The summed E-state index contributed by atoms with van der Waals surface area (Å²) < 4.78 is 44.3. The number of aliphatic hydroxyl groups is 1. The van der Waals surface area contributed by atoms with Gasteiger partial charge in [0.1, 0.15) is 30.1 Å². The molecule has 1 N–H and O–H groups in total. The van der Waals surface area contributed by atoms with Crippen LogP contribution in [0.1, 0.15) is 87.3 Å². The van der Waals surface area contributed by atoms with Crippen LogP contribution in [-0.2, 0) is 278 Å². The van der Waals surface area contributed by atoms with E-state index in [1.54, 1.807) is 40.1 Å². The fourth-order valence-corrected chi connectivity index (χ4v) is 8.16. The Bertz CT molecular complexity index is 1510. The Kier molecular flexibility index (Phi) is 41.3. The van der Waals surface area contributed by atoms with Gasteiger partial charge in [-0.2, -0.15) is 13.0 Å². The van der Waals surface area contributed by atoms with Gasteiger partial charge in [0.05, 0.1) is 37.1 Å². The number of methoxy groups -OCH3 is 1. The molecule has 12 atom stereocenters. The Morgan fingerprint density at radius 1 is 1.06 bits per heavy atom. The predicted octanol–water partition coefficient (Wildman–Crippen LogP) is 5.31. The van der Waals surface area contributed by atoms with E-state index in [2.05, 4.69) is 35.9 Å². The Balaban J connectivity index is -0.00000123. The van der Waals surface area contributed by atoms with Gasteiger partial charge in [-0.05, 0) is 65.6 Å². The third-order valence-corrected chi connectivity index (χ3v) is 11.5. The number of fused-ring (bicyclic) bond motifs is 5. The summed E-state index contributed by atoms with van der Waals surface area (Å²) >= 11 is 0. The number of oxime groups is 1. The molecule has 0 spiro atoms. The molecule has 3 saturated heterocycles. The van der Waals surface area contributed by atoms with E-state index in [1.807, 2.05) is 47.9 Å². The molecule has 2 bridgehead atoms. The number of ether oxygens (including phenoxy) is 6. The van der Waals surface area contributed by atoms with Crippen LogP contribution in [0.15, 0.2) is 35.6 Å². The maximum atomic E-state index is 14.4. The van der Waals surface area contributed by atoms with Crippen LogP contribution in [0.2, 0.25) is 0 Å². The van der Waals surface area contributed by atoms with E-state index in [0.717, 1.165) is 11.1 Å². The summed E-state index contributed by atoms with van der Waals surface area (Å²) in [6.45, 7) is 22.8. The predicted molar refractivity (Wildman–Crippen MR) is 209 cm³/mol. The molecule has 0 saturated carbocycles. The number of esters is 1. The van der Waals surface area contributed by atoms with Gasteiger partial charge in [0, 0.05) is 266 Å². The first-order chi connectivity index (χ1) is 26.3. The Hall–Kier alpha value is 4.69. The molecule has 1 unspecified atom stereocenters. The van der Waals surface area contributed by atoms with Crippen LogP contribution in [0.25, 0.3) is 0 Å². The van der Waals surface area contributed by atoms with Gasteiger partial charge in [-0.25, -0.2) is 14.2 Å². The first-order valence-electron chi connectivity index (χ1n) is 19.7. The van der Waals surface area contributed by atoms with Crippen LogP contribution in [0.3, 0.4) is 0 Å². The topological polar surface area (TPSA) is 147 Å². The molecule has 0 aliphatic carbocycles. The van der Waals surface area contributed by atoms with Gasteiger partial charge in [-0.1, -0.05) is 45.0 Å². The second-order valence-corrected chi connectivity index (χ2v) is 16.0. The summed E-state index contributed by atoms with van der Waals surface area (Å²) in [7, 11) is 8.09. The Labute approximate surface area is 550 Å². The normalized spacial score (nSPS) is 33.6. The monoisotopic (exact) mass is 1400 g/mol. The smallest absolute Gasteiger partial charge is 0.186 e. The van der Waals surface area contributed by atoms with Gasteiger partial charge in [-0.3, -0.25) is 9.78 Å². The second-order valence-electron chi connectivity index (χ2n) is 16.0. The maximum Gasteiger partial charge on any atom is 0.186 e. The van der Waals surface area contributed by atoms with Crippen LogP contribution in [0.5, 0.6) is 0 Å². The number of hydrogen-bond acceptors (Lipinski definition) is 13. The summed E-state index contributed by atoms with van der Waals surface area (Å²) in [5, 5.41) is 16.7. The number of ketones is 1. The molecule has 7 radical (unpaired) electrons. The zero-order valence-electron chi connectivity index (χ0n) is 39.9. The Morgan fingerprint density at radius 2 is 1.68 bits per heavy atom. The van der Waals surface area contributed by atoms with Gasteiger partial charge in [0.2, 0.25) is 0 Å². The summed E-state index contributed by atoms with van der Waals surface area (Å²) in [5.41, 5.74) is -0.297. The van der Waals surface area contributed by atoms with Gasteiger partial charge < -0.3 is 55.5 Å². The van der Waals surface area contributed by atoms with Crippen molar-refractivity contribution in [3.05, 3.63) is 62.0 Å². The van der Waals surface area contributed by atoms with E-state index in [4.69, 9.17) is 34.6 Å². The number of pyridine rings is 1. The summed E-state index contributed by atoms with van der Waals surface area (Å²) in [6.07, 6.45) is -1.46. The fourth-order valence-electron chi connectivity index (χ4n) is 8.16. The van der Waals surface area contributed by atoms with E-state index >= 15 is 0 Å². The van der Waals surface area contributed by atoms with Crippen molar-refractivity contribution in [2.24, 2.45) is 22.9 Å². The van der Waals surface area contributed by atoms with Gasteiger partial charge in [0.25, 0.3) is 0 Å². The van der Waals surface area contributed by atoms with Gasteiger partial charge in [0.15, 0.2) is 12.3 Å². The molecule has 3 aliphatic rings. The molecule has 3 fully saturated rings. The average molecular weight is 1400 g/mol. The number of carbonyl (C=O) groups excluding carboxylic acids is 2. The first-order valence-corrected chi connectivity index (χ1v) is 19.0. The fraction of sp³-hybridized carbons (Fsp3) is 0.690. The van der Waals surface area contributed by atoms with Gasteiger partial charge in [-0.15, -0.1) is 11.8 Å². The van der Waals surface area contributed by atoms with Crippen molar-refractivity contribution in [3.63, 3.8) is 0 Å². The first kappa shape index (κ1) is 73.2. The van der Waals surface area contributed by atoms with Crippen LogP contribution < -0.4 is 0 Å². The summed E-state index contributed by atoms with van der Waals surface area (Å²) in [5.74, 6) is -2.98. The quantitative estimate of drug-likeness (QED) is 0.156. The number of nitrogens with zero attached hydrogens (tertiary/aromatic N) is 3. The molecule has 0 aromatic carbocycles. The molecule has 3 aliphatic heterocycles. The van der Waals surface area contributed by atoms with Crippen LogP contribution >= 0.6 is 0 Å². The largest absolute Gasteiger partial charge is 0.481 e. The number of hydrogen-bond donors (Lipinski definition) is 1. The molecule has 4 rings (SSSR count). The SMILES string of the molecule is C=C1[C@H](C)C[C@@]2(C)OC/C(=N/OCc3ccc([CH2-])nc3)CO[C@H]([C@H]1C)[C@](C)(O)[C@@H](CC)OC(=O)[C-](C)C(=O)[C@H](C)[C@H]2OC1O[C@H](C)C[C@H](N(C)C)[C@H]1OC.[3H][CH2-].[Y].[Y].[Y].[Y].[Y].[Y].[Y].